The van der Waals surface area contributed by atoms with Gasteiger partial charge in [0.1, 0.15) is 0 Å². The first kappa shape index (κ1) is 24.5. The van der Waals surface area contributed by atoms with E-state index in [4.69, 9.17) is 17.3 Å². The van der Waals surface area contributed by atoms with Crippen molar-refractivity contribution in [3.05, 3.63) is 0 Å². The van der Waals surface area contributed by atoms with Crippen LogP contribution in [0.5, 0.6) is 0 Å². The van der Waals surface area contributed by atoms with Crippen LogP contribution in [0.25, 0.3) is 0 Å². The second-order valence-electron chi connectivity index (χ2n) is 6.92. The first-order chi connectivity index (χ1) is 12.2. The third-order valence-electron chi connectivity index (χ3n) is 4.69. The average Bonchev–Trinajstić information content (AvgIpc) is 2.62. The SMILES string of the molecule is [B]CC(NC(=O)CCCCCCCCCCCCC)C(COC)OC. The van der Waals surface area contributed by atoms with E-state index >= 15 is 0 Å². The lowest BCUT2D eigenvalue weighted by atomic mass is 9.93. The van der Waals surface area contributed by atoms with Gasteiger partial charge in [-0.1, -0.05) is 77.5 Å². The fraction of sp³-hybridized carbons (Fsp3) is 0.950. The van der Waals surface area contributed by atoms with Gasteiger partial charge in [0.2, 0.25) is 5.91 Å². The minimum atomic E-state index is -0.198. The van der Waals surface area contributed by atoms with Gasteiger partial charge in [-0.3, -0.25) is 4.79 Å². The molecule has 1 amide bonds. The number of ether oxygens (including phenoxy) is 2. The number of rotatable bonds is 18. The van der Waals surface area contributed by atoms with Crippen molar-refractivity contribution in [3.63, 3.8) is 0 Å². The normalized spacial score (nSPS) is 13.6. The van der Waals surface area contributed by atoms with Crippen LogP contribution in [0.4, 0.5) is 0 Å². The highest BCUT2D eigenvalue weighted by atomic mass is 16.5. The van der Waals surface area contributed by atoms with Crippen LogP contribution < -0.4 is 5.32 Å². The monoisotopic (exact) mass is 353 g/mol. The molecule has 0 bridgehead atoms. The van der Waals surface area contributed by atoms with E-state index in [9.17, 15) is 4.79 Å². The molecular weight excluding hydrogens is 313 g/mol. The molecule has 0 saturated heterocycles. The largest absolute Gasteiger partial charge is 0.382 e. The summed E-state index contributed by atoms with van der Waals surface area (Å²) in [6, 6.07) is -0.190. The van der Waals surface area contributed by atoms with Crippen molar-refractivity contribution in [3.8, 4) is 0 Å². The van der Waals surface area contributed by atoms with Gasteiger partial charge in [-0.05, 0) is 6.42 Å². The van der Waals surface area contributed by atoms with E-state index in [1.807, 2.05) is 0 Å². The van der Waals surface area contributed by atoms with Crippen molar-refractivity contribution >= 4 is 13.8 Å². The van der Waals surface area contributed by atoms with Crippen molar-refractivity contribution in [1.82, 2.24) is 5.32 Å². The Balaban J connectivity index is 3.59. The number of amides is 1. The lowest BCUT2D eigenvalue weighted by molar-refractivity contribution is -0.123. The van der Waals surface area contributed by atoms with E-state index in [1.165, 1.54) is 57.8 Å². The van der Waals surface area contributed by atoms with Crippen molar-refractivity contribution in [2.45, 2.75) is 102 Å². The second kappa shape index (κ2) is 18.3. The fourth-order valence-corrected chi connectivity index (χ4v) is 3.05. The number of nitrogens with one attached hydrogen (secondary N) is 1. The lowest BCUT2D eigenvalue weighted by Crippen LogP contribution is -2.45. The van der Waals surface area contributed by atoms with Crippen LogP contribution >= 0.6 is 0 Å². The van der Waals surface area contributed by atoms with Gasteiger partial charge < -0.3 is 14.8 Å². The fourth-order valence-electron chi connectivity index (χ4n) is 3.05. The van der Waals surface area contributed by atoms with Crippen molar-refractivity contribution < 1.29 is 14.3 Å². The van der Waals surface area contributed by atoms with Crippen LogP contribution in [-0.2, 0) is 14.3 Å². The lowest BCUT2D eigenvalue weighted by Gasteiger charge is -2.25. The molecule has 0 aliphatic heterocycles. The quantitative estimate of drug-likeness (QED) is 0.293. The third kappa shape index (κ3) is 14.3. The van der Waals surface area contributed by atoms with Gasteiger partial charge in [0, 0.05) is 26.7 Å². The first-order valence-electron chi connectivity index (χ1n) is 10.2. The molecule has 0 aromatic rings. The predicted molar refractivity (Wildman–Crippen MR) is 106 cm³/mol. The van der Waals surface area contributed by atoms with Crippen LogP contribution in [0, 0.1) is 0 Å². The number of hydrogen-bond acceptors (Lipinski definition) is 3. The molecule has 0 spiro atoms. The maximum Gasteiger partial charge on any atom is 0.220 e. The molecule has 25 heavy (non-hydrogen) atoms. The highest BCUT2D eigenvalue weighted by Gasteiger charge is 2.20. The summed E-state index contributed by atoms with van der Waals surface area (Å²) in [5.74, 6) is 0.0597. The Kier molecular flexibility index (Phi) is 17.9. The van der Waals surface area contributed by atoms with Crippen LogP contribution in [0.3, 0.4) is 0 Å². The van der Waals surface area contributed by atoms with Gasteiger partial charge in [-0.2, -0.15) is 0 Å². The van der Waals surface area contributed by atoms with Crippen molar-refractivity contribution in [2.24, 2.45) is 0 Å². The maximum atomic E-state index is 12.0. The Labute approximate surface area is 157 Å². The topological polar surface area (TPSA) is 47.6 Å². The van der Waals surface area contributed by atoms with Gasteiger partial charge >= 0.3 is 0 Å². The minimum absolute atomic E-state index is 0.0597. The number of hydrogen-bond donors (Lipinski definition) is 1. The van der Waals surface area contributed by atoms with E-state index in [-0.39, 0.29) is 18.1 Å². The number of carbonyl (C=O) groups is 1. The second-order valence-corrected chi connectivity index (χ2v) is 6.92. The minimum Gasteiger partial charge on any atom is -0.382 e. The summed E-state index contributed by atoms with van der Waals surface area (Å²) in [6.45, 7) is 2.68. The molecule has 2 atom stereocenters. The summed E-state index contributed by atoms with van der Waals surface area (Å²) in [5.41, 5.74) is 0. The molecule has 0 fully saturated rings. The molecule has 2 unspecified atom stereocenters. The van der Waals surface area contributed by atoms with Crippen molar-refractivity contribution in [1.29, 1.82) is 0 Å². The maximum absolute atomic E-state index is 12.0. The number of unbranched alkanes of at least 4 members (excludes halogenated alkanes) is 10. The van der Waals surface area contributed by atoms with Crippen LogP contribution in [0.1, 0.15) is 84.0 Å². The molecule has 0 saturated carbocycles. The summed E-state index contributed by atoms with van der Waals surface area (Å²) in [6.07, 6.45) is 14.9. The molecule has 0 heterocycles. The molecule has 4 nitrogen and oxygen atoms in total. The zero-order valence-corrected chi connectivity index (χ0v) is 16.9. The zero-order chi connectivity index (χ0) is 18.8. The summed E-state index contributed by atoms with van der Waals surface area (Å²) < 4.78 is 10.4. The molecule has 0 aliphatic rings. The van der Waals surface area contributed by atoms with E-state index in [1.54, 1.807) is 14.2 Å². The Morgan fingerprint density at radius 1 is 0.920 bits per heavy atom. The average molecular weight is 353 g/mol. The third-order valence-corrected chi connectivity index (χ3v) is 4.69. The molecule has 0 rings (SSSR count). The summed E-state index contributed by atoms with van der Waals surface area (Å²) in [4.78, 5) is 12.0. The Bertz CT molecular complexity index is 303. The summed E-state index contributed by atoms with van der Waals surface area (Å²) >= 11 is 0. The van der Waals surface area contributed by atoms with Gasteiger partial charge in [-0.25, -0.2) is 0 Å². The highest BCUT2D eigenvalue weighted by Crippen LogP contribution is 2.12. The highest BCUT2D eigenvalue weighted by molar-refractivity contribution is 6.09. The molecule has 2 radical (unpaired) electrons. The molecular formula is C20H40BNO3. The molecule has 0 aromatic heterocycles. The van der Waals surface area contributed by atoms with E-state index in [0.29, 0.717) is 19.3 Å². The molecule has 1 N–H and O–H groups in total. The smallest absolute Gasteiger partial charge is 0.220 e. The zero-order valence-electron chi connectivity index (χ0n) is 16.9. The van der Waals surface area contributed by atoms with Gasteiger partial charge in [0.15, 0.2) is 0 Å². The van der Waals surface area contributed by atoms with Crippen LogP contribution in [-0.4, -0.2) is 46.7 Å². The Morgan fingerprint density at radius 2 is 1.44 bits per heavy atom. The number of carbonyl (C=O) groups excluding carboxylic acids is 1. The molecule has 146 valence electrons. The van der Waals surface area contributed by atoms with E-state index < -0.39 is 0 Å². The van der Waals surface area contributed by atoms with Gasteiger partial charge in [-0.15, -0.1) is 0 Å². The number of methoxy groups -OCH3 is 2. The predicted octanol–water partition coefficient (Wildman–Crippen LogP) is 4.42. The first-order valence-corrected chi connectivity index (χ1v) is 10.2. The van der Waals surface area contributed by atoms with Crippen LogP contribution in [0.2, 0.25) is 6.32 Å². The standard InChI is InChI=1S/C20H40BNO3/c1-4-5-6-7-8-9-10-11-12-13-14-15-20(23)22-18(16-21)19(25-3)17-24-2/h18-19H,4-17H2,1-3H3,(H,22,23). The van der Waals surface area contributed by atoms with Gasteiger partial charge in [0.05, 0.1) is 20.6 Å². The Hall–Kier alpha value is -0.545. The van der Waals surface area contributed by atoms with Crippen molar-refractivity contribution in [2.75, 3.05) is 20.8 Å². The molecule has 0 aliphatic carbocycles. The summed E-state index contributed by atoms with van der Waals surface area (Å²) in [7, 11) is 8.97. The van der Waals surface area contributed by atoms with Crippen LogP contribution in [0.15, 0.2) is 0 Å². The molecule has 5 heteroatoms. The molecule has 0 aromatic carbocycles. The Morgan fingerprint density at radius 3 is 1.88 bits per heavy atom. The summed E-state index contributed by atoms with van der Waals surface area (Å²) in [5, 5.41) is 2.97. The van der Waals surface area contributed by atoms with E-state index in [0.717, 1.165) is 12.8 Å². The van der Waals surface area contributed by atoms with E-state index in [2.05, 4.69) is 12.2 Å². The van der Waals surface area contributed by atoms with Gasteiger partial charge in [0.25, 0.3) is 0 Å².